The first-order valence-corrected chi connectivity index (χ1v) is 10.2. The molecule has 6 nitrogen and oxygen atoms in total. The molecule has 0 spiro atoms. The fourth-order valence-electron chi connectivity index (χ4n) is 4.90. The van der Waals surface area contributed by atoms with Crippen LogP contribution in [0.2, 0.25) is 0 Å². The second-order valence-corrected chi connectivity index (χ2v) is 8.29. The molecule has 3 aliphatic rings. The highest BCUT2D eigenvalue weighted by Gasteiger charge is 2.38. The quantitative estimate of drug-likeness (QED) is 0.810. The van der Waals surface area contributed by atoms with Crippen LogP contribution in [-0.4, -0.2) is 60.0 Å². The maximum Gasteiger partial charge on any atom is 0.321 e. The van der Waals surface area contributed by atoms with Gasteiger partial charge in [-0.05, 0) is 50.7 Å². The molecule has 3 atom stereocenters. The van der Waals surface area contributed by atoms with Crippen LogP contribution >= 0.6 is 12.4 Å². The molecule has 2 N–H and O–H groups in total. The molecule has 0 aliphatic carbocycles. The first-order valence-electron chi connectivity index (χ1n) is 10.2. The minimum absolute atomic E-state index is 0. The molecule has 7 heteroatoms. The number of benzene rings is 1. The molecule has 0 saturated carbocycles. The zero-order valence-electron chi connectivity index (χ0n) is 16.5. The van der Waals surface area contributed by atoms with Crippen LogP contribution in [-0.2, 0) is 4.79 Å². The third kappa shape index (κ3) is 4.61. The molecule has 154 valence electrons. The summed E-state index contributed by atoms with van der Waals surface area (Å²) in [5, 5.41) is 6.58. The molecule has 28 heavy (non-hydrogen) atoms. The number of rotatable bonds is 3. The summed E-state index contributed by atoms with van der Waals surface area (Å²) in [7, 11) is 1.96. The van der Waals surface area contributed by atoms with Crippen molar-refractivity contribution in [1.82, 2.24) is 15.1 Å². The number of nitrogens with one attached hydrogen (secondary N) is 2. The van der Waals surface area contributed by atoms with Crippen LogP contribution in [0.1, 0.15) is 38.5 Å². The number of carbonyl (C=O) groups excluding carboxylic acids is 2. The van der Waals surface area contributed by atoms with E-state index in [0.29, 0.717) is 31.2 Å². The maximum absolute atomic E-state index is 13.1. The van der Waals surface area contributed by atoms with Crippen LogP contribution in [0.5, 0.6) is 0 Å². The van der Waals surface area contributed by atoms with E-state index in [2.05, 4.69) is 10.6 Å². The number of fused-ring (bicyclic) bond motifs is 2. The van der Waals surface area contributed by atoms with Crippen molar-refractivity contribution >= 4 is 30.0 Å². The maximum atomic E-state index is 13.1. The number of hydrogen-bond donors (Lipinski definition) is 2. The minimum Gasteiger partial charge on any atom is -0.342 e. The lowest BCUT2D eigenvalue weighted by Crippen LogP contribution is -2.52. The predicted molar refractivity (Wildman–Crippen MR) is 113 cm³/mol. The van der Waals surface area contributed by atoms with E-state index in [4.69, 9.17) is 0 Å². The van der Waals surface area contributed by atoms with Crippen LogP contribution in [0, 0.1) is 5.92 Å². The fraction of sp³-hybridized carbons (Fsp3) is 0.619. The van der Waals surface area contributed by atoms with Gasteiger partial charge in [0.25, 0.3) is 0 Å². The van der Waals surface area contributed by atoms with Crippen LogP contribution in [0.3, 0.4) is 0 Å². The molecule has 4 rings (SSSR count). The molecule has 3 saturated heterocycles. The molecule has 3 fully saturated rings. The Balaban J connectivity index is 0.00000225. The van der Waals surface area contributed by atoms with Crippen molar-refractivity contribution in [3.05, 3.63) is 30.3 Å². The van der Waals surface area contributed by atoms with E-state index in [9.17, 15) is 9.59 Å². The van der Waals surface area contributed by atoms with Crippen molar-refractivity contribution < 1.29 is 9.59 Å². The van der Waals surface area contributed by atoms with Gasteiger partial charge in [-0.25, -0.2) is 4.79 Å². The average molecular weight is 407 g/mol. The van der Waals surface area contributed by atoms with E-state index < -0.39 is 0 Å². The standard InChI is InChI=1S/C21H30N4O2.ClH/c1-24(19-12-17-9-10-18(13-19)22-17)20(26)15-6-5-11-25(14-15)21(27)23-16-7-3-2-4-8-16;/h2-4,7-8,15,17-19,22H,5-6,9-14H2,1H3,(H,23,27);1H. The van der Waals surface area contributed by atoms with E-state index in [-0.39, 0.29) is 30.3 Å². The Morgan fingerprint density at radius 3 is 2.46 bits per heavy atom. The smallest absolute Gasteiger partial charge is 0.321 e. The number of likely N-dealkylation sites (tertiary alicyclic amines) is 1. The van der Waals surface area contributed by atoms with Crippen molar-refractivity contribution in [1.29, 1.82) is 0 Å². The van der Waals surface area contributed by atoms with Crippen molar-refractivity contribution in [2.24, 2.45) is 5.92 Å². The predicted octanol–water partition coefficient (Wildman–Crippen LogP) is 3.09. The normalized spacial score (nSPS) is 29.0. The number of nitrogens with zero attached hydrogens (tertiary/aromatic N) is 2. The summed E-state index contributed by atoms with van der Waals surface area (Å²) in [5.41, 5.74) is 0.790. The van der Waals surface area contributed by atoms with Gasteiger partial charge in [-0.15, -0.1) is 12.4 Å². The summed E-state index contributed by atoms with van der Waals surface area (Å²) in [6.07, 6.45) is 6.34. The van der Waals surface area contributed by atoms with E-state index >= 15 is 0 Å². The Hall–Kier alpha value is -1.79. The number of para-hydroxylation sites is 1. The average Bonchev–Trinajstić information content (AvgIpc) is 3.05. The molecule has 3 amide bonds. The molecule has 3 heterocycles. The molecule has 1 aromatic carbocycles. The highest BCUT2D eigenvalue weighted by Crippen LogP contribution is 2.30. The van der Waals surface area contributed by atoms with Gasteiger partial charge in [0.05, 0.1) is 5.92 Å². The molecular formula is C21H31ClN4O2. The zero-order chi connectivity index (χ0) is 18.8. The van der Waals surface area contributed by atoms with Crippen molar-refractivity contribution in [2.45, 2.75) is 56.7 Å². The van der Waals surface area contributed by atoms with Gasteiger partial charge in [-0.2, -0.15) is 0 Å². The van der Waals surface area contributed by atoms with Gasteiger partial charge >= 0.3 is 6.03 Å². The first kappa shape index (κ1) is 20.9. The molecule has 0 aromatic heterocycles. The van der Waals surface area contributed by atoms with Gasteiger partial charge < -0.3 is 20.4 Å². The highest BCUT2D eigenvalue weighted by atomic mass is 35.5. The number of piperidine rings is 2. The largest absolute Gasteiger partial charge is 0.342 e. The van der Waals surface area contributed by atoms with E-state index in [1.807, 2.05) is 42.3 Å². The number of halogens is 1. The number of carbonyl (C=O) groups is 2. The molecule has 2 bridgehead atoms. The summed E-state index contributed by atoms with van der Waals surface area (Å²) in [5.74, 6) is 0.122. The fourth-order valence-corrected chi connectivity index (χ4v) is 4.90. The topological polar surface area (TPSA) is 64.7 Å². The summed E-state index contributed by atoms with van der Waals surface area (Å²) < 4.78 is 0. The van der Waals surface area contributed by atoms with Gasteiger partial charge in [-0.1, -0.05) is 18.2 Å². The Labute approximate surface area is 173 Å². The van der Waals surface area contributed by atoms with Gasteiger partial charge in [-0.3, -0.25) is 4.79 Å². The van der Waals surface area contributed by atoms with Crippen LogP contribution in [0.15, 0.2) is 30.3 Å². The number of amides is 3. The lowest BCUT2D eigenvalue weighted by Gasteiger charge is -2.39. The lowest BCUT2D eigenvalue weighted by atomic mass is 9.93. The number of hydrogen-bond acceptors (Lipinski definition) is 3. The van der Waals surface area contributed by atoms with Crippen molar-refractivity contribution in [2.75, 3.05) is 25.5 Å². The summed E-state index contributed by atoms with van der Waals surface area (Å²) in [4.78, 5) is 29.5. The van der Waals surface area contributed by atoms with Crippen molar-refractivity contribution in [3.8, 4) is 0 Å². The Morgan fingerprint density at radius 2 is 1.79 bits per heavy atom. The lowest BCUT2D eigenvalue weighted by molar-refractivity contribution is -0.138. The Morgan fingerprint density at radius 1 is 1.11 bits per heavy atom. The monoisotopic (exact) mass is 406 g/mol. The summed E-state index contributed by atoms with van der Waals surface area (Å²) in [6.45, 7) is 1.23. The SMILES string of the molecule is CN(C(=O)C1CCCN(C(=O)Nc2ccccc2)C1)C1CC2CCC(C1)N2.Cl. The third-order valence-electron chi connectivity index (χ3n) is 6.43. The molecular weight excluding hydrogens is 376 g/mol. The summed E-state index contributed by atoms with van der Waals surface area (Å²) >= 11 is 0. The molecule has 0 radical (unpaired) electrons. The van der Waals surface area contributed by atoms with Crippen LogP contribution in [0.4, 0.5) is 10.5 Å². The van der Waals surface area contributed by atoms with Gasteiger partial charge in [0.2, 0.25) is 5.91 Å². The van der Waals surface area contributed by atoms with E-state index in [0.717, 1.165) is 31.4 Å². The molecule has 3 aliphatic heterocycles. The van der Waals surface area contributed by atoms with E-state index in [1.54, 1.807) is 4.90 Å². The van der Waals surface area contributed by atoms with Crippen molar-refractivity contribution in [3.63, 3.8) is 0 Å². The second kappa shape index (κ2) is 9.14. The number of anilines is 1. The Kier molecular flexibility index (Phi) is 6.83. The van der Waals surface area contributed by atoms with Crippen LogP contribution < -0.4 is 10.6 Å². The third-order valence-corrected chi connectivity index (χ3v) is 6.43. The minimum atomic E-state index is -0.110. The van der Waals surface area contributed by atoms with Crippen LogP contribution in [0.25, 0.3) is 0 Å². The highest BCUT2D eigenvalue weighted by molar-refractivity contribution is 5.90. The van der Waals surface area contributed by atoms with E-state index in [1.165, 1.54) is 12.8 Å². The number of urea groups is 1. The van der Waals surface area contributed by atoms with Gasteiger partial charge in [0, 0.05) is 44.0 Å². The molecule has 3 unspecified atom stereocenters. The first-order chi connectivity index (χ1) is 13.1. The zero-order valence-corrected chi connectivity index (χ0v) is 17.3. The Bertz CT molecular complexity index is 674. The second-order valence-electron chi connectivity index (χ2n) is 8.29. The molecule has 1 aromatic rings. The summed E-state index contributed by atoms with van der Waals surface area (Å²) in [6, 6.07) is 10.9. The van der Waals surface area contributed by atoms with Gasteiger partial charge in [0.1, 0.15) is 0 Å². The van der Waals surface area contributed by atoms with Gasteiger partial charge in [0.15, 0.2) is 0 Å².